The van der Waals surface area contributed by atoms with E-state index in [1.807, 2.05) is 20.8 Å². The quantitative estimate of drug-likeness (QED) is 0.594. The van der Waals surface area contributed by atoms with Crippen LogP contribution in [0.15, 0.2) is 18.2 Å². The molecule has 0 aliphatic rings. The molecule has 0 fully saturated rings. The van der Waals surface area contributed by atoms with Gasteiger partial charge in [0.15, 0.2) is 5.78 Å². The molecule has 5 heteroatoms. The van der Waals surface area contributed by atoms with E-state index >= 15 is 0 Å². The van der Waals surface area contributed by atoms with Crippen LogP contribution in [0.5, 0.6) is 0 Å². The summed E-state index contributed by atoms with van der Waals surface area (Å²) in [7, 11) is 0. The van der Waals surface area contributed by atoms with E-state index in [-0.39, 0.29) is 17.8 Å². The molecule has 0 amide bonds. The molecule has 1 atom stereocenters. The maximum atomic E-state index is 13.5. The molecule has 1 aromatic rings. The third-order valence-corrected chi connectivity index (χ3v) is 2.55. The van der Waals surface area contributed by atoms with Gasteiger partial charge in [-0.25, -0.2) is 8.78 Å². The van der Waals surface area contributed by atoms with Gasteiger partial charge in [-0.15, -0.1) is 0 Å². The first-order chi connectivity index (χ1) is 9.20. The Kier molecular flexibility index (Phi) is 5.77. The lowest BCUT2D eigenvalue weighted by Gasteiger charge is -2.20. The van der Waals surface area contributed by atoms with Crippen molar-refractivity contribution < 1.29 is 23.0 Å². The number of ether oxygens (including phenoxy) is 2. The number of halogens is 2. The summed E-state index contributed by atoms with van der Waals surface area (Å²) < 4.78 is 37.0. The van der Waals surface area contributed by atoms with Gasteiger partial charge in [0.25, 0.3) is 0 Å². The van der Waals surface area contributed by atoms with Gasteiger partial charge in [0.2, 0.25) is 0 Å². The second-order valence-electron chi connectivity index (χ2n) is 5.46. The Balaban J connectivity index is 2.51. The Morgan fingerprint density at radius 1 is 1.25 bits per heavy atom. The first kappa shape index (κ1) is 16.7. The second kappa shape index (κ2) is 6.90. The minimum atomic E-state index is -0.878. The summed E-state index contributed by atoms with van der Waals surface area (Å²) in [5.41, 5.74) is -0.449. The number of ketones is 1. The standard InChI is InChI=1S/C15H20F2O3/c1-10(19-7-8-20-15(2,3)4)14(18)12-6-5-11(16)9-13(12)17/h5-6,9-10H,7-8H2,1-4H3. The smallest absolute Gasteiger partial charge is 0.194 e. The zero-order valence-electron chi connectivity index (χ0n) is 12.2. The lowest BCUT2D eigenvalue weighted by atomic mass is 10.1. The summed E-state index contributed by atoms with van der Waals surface area (Å²) in [5.74, 6) is -2.11. The summed E-state index contributed by atoms with van der Waals surface area (Å²) in [6.45, 7) is 7.84. The number of Topliss-reactive ketones (excluding diaryl/α,β-unsaturated/α-hetero) is 1. The minimum Gasteiger partial charge on any atom is -0.373 e. The summed E-state index contributed by atoms with van der Waals surface area (Å²) >= 11 is 0. The van der Waals surface area contributed by atoms with Gasteiger partial charge in [0.05, 0.1) is 24.4 Å². The van der Waals surface area contributed by atoms with Gasteiger partial charge < -0.3 is 9.47 Å². The van der Waals surface area contributed by atoms with Gasteiger partial charge in [-0.3, -0.25) is 4.79 Å². The van der Waals surface area contributed by atoms with Crippen LogP contribution in [0.25, 0.3) is 0 Å². The highest BCUT2D eigenvalue weighted by Gasteiger charge is 2.20. The summed E-state index contributed by atoms with van der Waals surface area (Å²) in [4.78, 5) is 11.9. The molecule has 1 unspecified atom stereocenters. The molecule has 20 heavy (non-hydrogen) atoms. The van der Waals surface area contributed by atoms with Gasteiger partial charge >= 0.3 is 0 Å². The summed E-state index contributed by atoms with van der Waals surface area (Å²) in [6, 6.07) is 2.85. The Labute approximate surface area is 117 Å². The molecule has 1 rings (SSSR count). The van der Waals surface area contributed by atoms with Crippen molar-refractivity contribution >= 4 is 5.78 Å². The first-order valence-electron chi connectivity index (χ1n) is 6.45. The van der Waals surface area contributed by atoms with E-state index in [4.69, 9.17) is 9.47 Å². The van der Waals surface area contributed by atoms with Crippen molar-refractivity contribution in [1.29, 1.82) is 0 Å². The lowest BCUT2D eigenvalue weighted by molar-refractivity contribution is -0.0437. The Morgan fingerprint density at radius 2 is 1.90 bits per heavy atom. The van der Waals surface area contributed by atoms with Crippen molar-refractivity contribution in [2.24, 2.45) is 0 Å². The Bertz CT molecular complexity index is 467. The topological polar surface area (TPSA) is 35.5 Å². The van der Waals surface area contributed by atoms with Crippen LogP contribution < -0.4 is 0 Å². The largest absolute Gasteiger partial charge is 0.373 e. The van der Waals surface area contributed by atoms with Crippen LogP contribution in [0.3, 0.4) is 0 Å². The highest BCUT2D eigenvalue weighted by molar-refractivity contribution is 5.99. The van der Waals surface area contributed by atoms with Gasteiger partial charge in [-0.2, -0.15) is 0 Å². The Morgan fingerprint density at radius 3 is 2.45 bits per heavy atom. The van der Waals surface area contributed by atoms with Crippen LogP contribution in [0.1, 0.15) is 38.1 Å². The molecule has 0 N–H and O–H groups in total. The van der Waals surface area contributed by atoms with E-state index in [0.29, 0.717) is 12.7 Å². The van der Waals surface area contributed by atoms with Crippen LogP contribution in [-0.2, 0) is 9.47 Å². The third kappa shape index (κ3) is 5.35. The fourth-order valence-corrected chi connectivity index (χ4v) is 1.56. The monoisotopic (exact) mass is 286 g/mol. The van der Waals surface area contributed by atoms with Crippen LogP contribution in [0.2, 0.25) is 0 Å². The third-order valence-electron chi connectivity index (χ3n) is 2.55. The molecule has 0 heterocycles. The highest BCUT2D eigenvalue weighted by atomic mass is 19.1. The van der Waals surface area contributed by atoms with E-state index < -0.39 is 23.5 Å². The van der Waals surface area contributed by atoms with E-state index in [9.17, 15) is 13.6 Å². The molecule has 0 aliphatic heterocycles. The van der Waals surface area contributed by atoms with Gasteiger partial charge in [0, 0.05) is 6.07 Å². The number of carbonyl (C=O) groups is 1. The maximum absolute atomic E-state index is 13.5. The first-order valence-corrected chi connectivity index (χ1v) is 6.45. The molecular weight excluding hydrogens is 266 g/mol. The number of hydrogen-bond acceptors (Lipinski definition) is 3. The van der Waals surface area contributed by atoms with Crippen molar-refractivity contribution in [3.63, 3.8) is 0 Å². The molecule has 0 saturated carbocycles. The number of hydrogen-bond donors (Lipinski definition) is 0. The number of carbonyl (C=O) groups excluding carboxylic acids is 1. The molecular formula is C15H20F2O3. The van der Waals surface area contributed by atoms with E-state index in [0.717, 1.165) is 12.1 Å². The molecule has 0 aromatic heterocycles. The molecule has 3 nitrogen and oxygen atoms in total. The predicted molar refractivity (Wildman–Crippen MR) is 71.8 cm³/mol. The van der Waals surface area contributed by atoms with Crippen molar-refractivity contribution in [2.75, 3.05) is 13.2 Å². The summed E-state index contributed by atoms with van der Waals surface area (Å²) in [5, 5.41) is 0. The van der Waals surface area contributed by atoms with Gasteiger partial charge in [-0.05, 0) is 39.8 Å². The summed E-state index contributed by atoms with van der Waals surface area (Å²) in [6.07, 6.45) is -0.807. The normalized spacial score (nSPS) is 13.3. The van der Waals surface area contributed by atoms with Crippen molar-refractivity contribution in [1.82, 2.24) is 0 Å². The Hall–Kier alpha value is -1.33. The SMILES string of the molecule is CC(OCCOC(C)(C)C)C(=O)c1ccc(F)cc1F. The van der Waals surface area contributed by atoms with Crippen molar-refractivity contribution in [3.05, 3.63) is 35.4 Å². The van der Waals surface area contributed by atoms with Crippen molar-refractivity contribution in [3.8, 4) is 0 Å². The second-order valence-corrected chi connectivity index (χ2v) is 5.46. The van der Waals surface area contributed by atoms with Crippen LogP contribution in [-0.4, -0.2) is 30.7 Å². The molecule has 0 saturated heterocycles. The number of rotatable bonds is 6. The average Bonchev–Trinajstić information content (AvgIpc) is 2.32. The van der Waals surface area contributed by atoms with Crippen LogP contribution in [0, 0.1) is 11.6 Å². The maximum Gasteiger partial charge on any atom is 0.194 e. The minimum absolute atomic E-state index is 0.171. The fraction of sp³-hybridized carbons (Fsp3) is 0.533. The zero-order chi connectivity index (χ0) is 15.3. The molecule has 0 bridgehead atoms. The van der Waals surface area contributed by atoms with Gasteiger partial charge in [0.1, 0.15) is 17.7 Å². The lowest BCUT2D eigenvalue weighted by Crippen LogP contribution is -2.26. The molecule has 112 valence electrons. The zero-order valence-corrected chi connectivity index (χ0v) is 12.2. The molecule has 0 spiro atoms. The van der Waals surface area contributed by atoms with E-state index in [2.05, 4.69) is 0 Å². The van der Waals surface area contributed by atoms with E-state index in [1.54, 1.807) is 0 Å². The van der Waals surface area contributed by atoms with Crippen molar-refractivity contribution in [2.45, 2.75) is 39.4 Å². The van der Waals surface area contributed by atoms with Crippen LogP contribution in [0.4, 0.5) is 8.78 Å². The predicted octanol–water partition coefficient (Wildman–Crippen LogP) is 3.37. The molecule has 0 radical (unpaired) electrons. The fourth-order valence-electron chi connectivity index (χ4n) is 1.56. The van der Waals surface area contributed by atoms with Gasteiger partial charge in [-0.1, -0.05) is 0 Å². The highest BCUT2D eigenvalue weighted by Crippen LogP contribution is 2.13. The average molecular weight is 286 g/mol. The van der Waals surface area contributed by atoms with E-state index in [1.165, 1.54) is 6.92 Å². The molecule has 0 aliphatic carbocycles. The molecule has 1 aromatic carbocycles. The number of benzene rings is 1. The van der Waals surface area contributed by atoms with Crippen LogP contribution >= 0.6 is 0 Å².